The van der Waals surface area contributed by atoms with Crippen LogP contribution in [0.25, 0.3) is 0 Å². The van der Waals surface area contributed by atoms with E-state index in [0.717, 1.165) is 64.4 Å². The quantitative estimate of drug-likeness (QED) is 0.586. The van der Waals surface area contributed by atoms with Crippen molar-refractivity contribution in [3.05, 3.63) is 24.3 Å². The second-order valence-corrected chi connectivity index (χ2v) is 8.32. The van der Waals surface area contributed by atoms with E-state index in [1.165, 1.54) is 5.69 Å². The van der Waals surface area contributed by atoms with Gasteiger partial charge in [0.05, 0.1) is 20.2 Å². The minimum Gasteiger partial charge on any atom is -0.497 e. The molecule has 3 rings (SSSR count). The number of carbonyl (C=O) groups excluding carboxylic acids is 2. The lowest BCUT2D eigenvalue weighted by atomic mass is 10.2. The van der Waals surface area contributed by atoms with Gasteiger partial charge in [0.15, 0.2) is 0 Å². The molecule has 31 heavy (non-hydrogen) atoms. The first-order valence-corrected chi connectivity index (χ1v) is 11.5. The number of anilines is 1. The molecular weight excluding hydrogens is 394 g/mol. The van der Waals surface area contributed by atoms with Gasteiger partial charge in [-0.25, -0.2) is 0 Å². The van der Waals surface area contributed by atoms with Crippen LogP contribution < -0.4 is 15.0 Å². The third-order valence-electron chi connectivity index (χ3n) is 6.11. The van der Waals surface area contributed by atoms with Crippen molar-refractivity contribution in [1.29, 1.82) is 0 Å². The molecule has 0 spiro atoms. The van der Waals surface area contributed by atoms with Crippen LogP contribution in [0.3, 0.4) is 0 Å². The minimum atomic E-state index is 0.0861. The number of hydrogen-bond acceptors (Lipinski definition) is 6. The van der Waals surface area contributed by atoms with Crippen LogP contribution in [0.2, 0.25) is 0 Å². The average molecular weight is 432 g/mol. The van der Waals surface area contributed by atoms with Gasteiger partial charge in [0.2, 0.25) is 11.8 Å². The van der Waals surface area contributed by atoms with Crippen molar-refractivity contribution in [2.45, 2.75) is 19.8 Å². The zero-order chi connectivity index (χ0) is 22.1. The fourth-order valence-electron chi connectivity index (χ4n) is 4.07. The normalized spacial score (nSPS) is 18.1. The summed E-state index contributed by atoms with van der Waals surface area (Å²) in [5.41, 5.74) is 1.20. The summed E-state index contributed by atoms with van der Waals surface area (Å²) in [6.45, 7) is 10.3. The Hall–Kier alpha value is -2.32. The molecule has 1 N–H and O–H groups in total. The minimum absolute atomic E-state index is 0.0861. The van der Waals surface area contributed by atoms with Gasteiger partial charge >= 0.3 is 0 Å². The van der Waals surface area contributed by atoms with E-state index in [2.05, 4.69) is 39.1 Å². The Kier molecular flexibility index (Phi) is 8.97. The second-order valence-electron chi connectivity index (χ2n) is 8.32. The fraction of sp³-hybridized carbons (Fsp3) is 0.652. The molecule has 2 amide bonds. The van der Waals surface area contributed by atoms with Crippen LogP contribution in [-0.4, -0.2) is 106 Å². The number of carbonyl (C=O) groups is 2. The Morgan fingerprint density at radius 1 is 0.903 bits per heavy atom. The molecule has 2 aliphatic heterocycles. The van der Waals surface area contributed by atoms with Crippen molar-refractivity contribution in [1.82, 2.24) is 20.0 Å². The number of ether oxygens (including phenoxy) is 1. The van der Waals surface area contributed by atoms with Crippen LogP contribution in [0.5, 0.6) is 5.75 Å². The van der Waals surface area contributed by atoms with E-state index >= 15 is 0 Å². The van der Waals surface area contributed by atoms with Crippen LogP contribution in [0, 0.1) is 0 Å². The van der Waals surface area contributed by atoms with Gasteiger partial charge in [-0.15, -0.1) is 0 Å². The van der Waals surface area contributed by atoms with Crippen LogP contribution >= 0.6 is 0 Å². The van der Waals surface area contributed by atoms with E-state index in [0.29, 0.717) is 26.2 Å². The zero-order valence-corrected chi connectivity index (χ0v) is 19.0. The molecule has 8 nitrogen and oxygen atoms in total. The maximum atomic E-state index is 12.8. The highest BCUT2D eigenvalue weighted by molar-refractivity contribution is 5.79. The van der Waals surface area contributed by atoms with Crippen molar-refractivity contribution >= 4 is 17.5 Å². The SMILES string of the molecule is CCCCNC(=O)CN1CCN(C(=O)CN2CCN(c3ccc(OC)cc3)CC2)CC1. The van der Waals surface area contributed by atoms with E-state index in [4.69, 9.17) is 4.74 Å². The van der Waals surface area contributed by atoms with Crippen molar-refractivity contribution in [2.24, 2.45) is 0 Å². The molecule has 0 bridgehead atoms. The number of unbranched alkanes of at least 4 members (excludes halogenated alkanes) is 1. The molecule has 8 heteroatoms. The van der Waals surface area contributed by atoms with Gasteiger partial charge in [-0.05, 0) is 30.7 Å². The first-order valence-electron chi connectivity index (χ1n) is 11.5. The maximum absolute atomic E-state index is 12.8. The van der Waals surface area contributed by atoms with Crippen molar-refractivity contribution in [3.8, 4) is 5.75 Å². The number of methoxy groups -OCH3 is 1. The third-order valence-corrected chi connectivity index (χ3v) is 6.11. The van der Waals surface area contributed by atoms with E-state index in [1.807, 2.05) is 17.0 Å². The van der Waals surface area contributed by atoms with Crippen LogP contribution in [0.15, 0.2) is 24.3 Å². The third kappa shape index (κ3) is 7.11. The number of rotatable bonds is 9. The molecule has 0 radical (unpaired) electrons. The van der Waals surface area contributed by atoms with Gasteiger partial charge in [0, 0.05) is 64.6 Å². The molecule has 0 unspecified atom stereocenters. The number of hydrogen-bond donors (Lipinski definition) is 1. The number of piperazine rings is 2. The molecule has 172 valence electrons. The first-order chi connectivity index (χ1) is 15.1. The lowest BCUT2D eigenvalue weighted by Gasteiger charge is -2.38. The van der Waals surface area contributed by atoms with Crippen molar-refractivity contribution in [2.75, 3.05) is 84.0 Å². The van der Waals surface area contributed by atoms with E-state index in [1.54, 1.807) is 7.11 Å². The van der Waals surface area contributed by atoms with Gasteiger partial charge in [0.1, 0.15) is 5.75 Å². The Labute approximate surface area is 186 Å². The van der Waals surface area contributed by atoms with Crippen LogP contribution in [0.1, 0.15) is 19.8 Å². The highest BCUT2D eigenvalue weighted by atomic mass is 16.5. The lowest BCUT2D eigenvalue weighted by Crippen LogP contribution is -2.54. The number of benzene rings is 1. The molecule has 1 aromatic rings. The van der Waals surface area contributed by atoms with E-state index in [9.17, 15) is 9.59 Å². The monoisotopic (exact) mass is 431 g/mol. The molecular formula is C23H37N5O3. The smallest absolute Gasteiger partial charge is 0.236 e. The summed E-state index contributed by atoms with van der Waals surface area (Å²) in [4.78, 5) is 33.4. The molecule has 2 saturated heterocycles. The summed E-state index contributed by atoms with van der Waals surface area (Å²) in [6.07, 6.45) is 2.10. The average Bonchev–Trinajstić information content (AvgIpc) is 2.80. The van der Waals surface area contributed by atoms with Crippen LogP contribution in [-0.2, 0) is 9.59 Å². The van der Waals surface area contributed by atoms with Crippen molar-refractivity contribution in [3.63, 3.8) is 0 Å². The molecule has 2 heterocycles. The molecule has 2 fully saturated rings. The Morgan fingerprint density at radius 2 is 1.52 bits per heavy atom. The molecule has 0 aromatic heterocycles. The number of nitrogens with one attached hydrogen (secondary N) is 1. The van der Waals surface area contributed by atoms with Gasteiger partial charge in [0.25, 0.3) is 0 Å². The maximum Gasteiger partial charge on any atom is 0.236 e. The summed E-state index contributed by atoms with van der Waals surface area (Å²) in [7, 11) is 1.68. The van der Waals surface area contributed by atoms with Gasteiger partial charge in [-0.2, -0.15) is 0 Å². The predicted molar refractivity (Wildman–Crippen MR) is 123 cm³/mol. The standard InChI is InChI=1S/C23H37N5O3/c1-3-4-9-24-22(29)18-25-12-16-28(17-13-25)23(30)19-26-10-14-27(15-11-26)20-5-7-21(31-2)8-6-20/h5-8H,3-4,9-19H2,1-2H3,(H,24,29). The number of amides is 2. The highest BCUT2D eigenvalue weighted by Gasteiger charge is 2.25. The summed E-state index contributed by atoms with van der Waals surface area (Å²) in [5.74, 6) is 1.15. The number of nitrogens with zero attached hydrogens (tertiary/aromatic N) is 4. The topological polar surface area (TPSA) is 68.4 Å². The lowest BCUT2D eigenvalue weighted by molar-refractivity contribution is -0.134. The molecule has 0 aliphatic carbocycles. The Balaban J connectivity index is 1.34. The fourth-order valence-corrected chi connectivity index (χ4v) is 4.07. The van der Waals surface area contributed by atoms with Crippen LogP contribution in [0.4, 0.5) is 5.69 Å². The van der Waals surface area contributed by atoms with E-state index in [-0.39, 0.29) is 11.8 Å². The first kappa shape index (κ1) is 23.3. The largest absolute Gasteiger partial charge is 0.497 e. The summed E-state index contributed by atoms with van der Waals surface area (Å²) in [6, 6.07) is 8.14. The Bertz CT molecular complexity index is 696. The second kappa shape index (κ2) is 11.9. The molecule has 1 aromatic carbocycles. The van der Waals surface area contributed by atoms with E-state index < -0.39 is 0 Å². The highest BCUT2D eigenvalue weighted by Crippen LogP contribution is 2.20. The predicted octanol–water partition coefficient (Wildman–Crippen LogP) is 0.878. The summed E-state index contributed by atoms with van der Waals surface area (Å²) < 4.78 is 5.23. The summed E-state index contributed by atoms with van der Waals surface area (Å²) in [5, 5.41) is 2.96. The van der Waals surface area contributed by atoms with Gasteiger partial charge in [-0.3, -0.25) is 19.4 Å². The van der Waals surface area contributed by atoms with Crippen molar-refractivity contribution < 1.29 is 14.3 Å². The molecule has 0 saturated carbocycles. The molecule has 2 aliphatic rings. The van der Waals surface area contributed by atoms with Gasteiger partial charge in [-0.1, -0.05) is 13.3 Å². The van der Waals surface area contributed by atoms with Gasteiger partial charge < -0.3 is 19.9 Å². The molecule has 0 atom stereocenters. The summed E-state index contributed by atoms with van der Waals surface area (Å²) >= 11 is 0. The zero-order valence-electron chi connectivity index (χ0n) is 19.0. The Morgan fingerprint density at radius 3 is 2.13 bits per heavy atom.